The fourth-order valence-corrected chi connectivity index (χ4v) is 5.69. The molecule has 0 aliphatic heterocycles. The number of rotatable bonds is 13. The molecular formula is C34H41F3O2. The van der Waals surface area contributed by atoms with Gasteiger partial charge in [0.15, 0.2) is 11.6 Å². The van der Waals surface area contributed by atoms with Crippen molar-refractivity contribution in [2.45, 2.75) is 77.0 Å². The molecule has 0 unspecified atom stereocenters. The molecule has 0 heterocycles. The molecule has 5 heteroatoms. The third-order valence-electron chi connectivity index (χ3n) is 8.02. The van der Waals surface area contributed by atoms with E-state index < -0.39 is 11.6 Å². The van der Waals surface area contributed by atoms with Gasteiger partial charge in [0.1, 0.15) is 5.82 Å². The second-order valence-electron chi connectivity index (χ2n) is 10.8. The monoisotopic (exact) mass is 538 g/mol. The highest BCUT2D eigenvalue weighted by atomic mass is 19.2. The molecule has 0 bridgehead atoms. The maximum atomic E-state index is 15.1. The van der Waals surface area contributed by atoms with E-state index in [2.05, 4.69) is 6.92 Å². The van der Waals surface area contributed by atoms with Crippen molar-refractivity contribution in [3.05, 3.63) is 77.6 Å². The van der Waals surface area contributed by atoms with E-state index in [-0.39, 0.29) is 23.0 Å². The molecule has 3 aromatic rings. The highest BCUT2D eigenvalue weighted by Crippen LogP contribution is 2.38. The zero-order chi connectivity index (χ0) is 27.6. The molecule has 3 aromatic carbocycles. The van der Waals surface area contributed by atoms with Crippen LogP contribution in [0.2, 0.25) is 0 Å². The van der Waals surface area contributed by atoms with Crippen LogP contribution in [0.5, 0.6) is 5.75 Å². The molecule has 1 aliphatic carbocycles. The number of methoxy groups -OCH3 is 1. The Morgan fingerprint density at radius 1 is 0.718 bits per heavy atom. The lowest BCUT2D eigenvalue weighted by molar-refractivity contribution is 0.127. The minimum Gasteiger partial charge on any atom is -0.490 e. The number of hydrogen-bond donors (Lipinski definition) is 0. The quantitative estimate of drug-likeness (QED) is 0.202. The molecule has 1 fully saturated rings. The highest BCUT2D eigenvalue weighted by molar-refractivity contribution is 5.71. The lowest BCUT2D eigenvalue weighted by atomic mass is 9.78. The maximum Gasteiger partial charge on any atom is 0.201 e. The summed E-state index contributed by atoms with van der Waals surface area (Å²) in [6.45, 7) is 3.33. The van der Waals surface area contributed by atoms with E-state index in [1.54, 1.807) is 31.4 Å². The van der Waals surface area contributed by atoms with Gasteiger partial charge in [-0.3, -0.25) is 0 Å². The second kappa shape index (κ2) is 14.6. The SMILES string of the molecule is CCCCCCCCOc1ccc(-c2ccc(-c3ccc(C4CCC(COC)CC4)c(F)c3)cc2)c(F)c1F. The predicted molar refractivity (Wildman–Crippen MR) is 153 cm³/mol. The topological polar surface area (TPSA) is 18.5 Å². The Kier molecular flexibility index (Phi) is 10.9. The van der Waals surface area contributed by atoms with Crippen LogP contribution in [0.4, 0.5) is 13.2 Å². The Hall–Kier alpha value is -2.79. The Labute approximate surface area is 231 Å². The molecular weight excluding hydrogens is 497 g/mol. The van der Waals surface area contributed by atoms with E-state index in [0.717, 1.165) is 68.2 Å². The largest absolute Gasteiger partial charge is 0.490 e. The summed E-state index contributed by atoms with van der Waals surface area (Å²) >= 11 is 0. The van der Waals surface area contributed by atoms with E-state index in [0.29, 0.717) is 18.1 Å². The summed E-state index contributed by atoms with van der Waals surface area (Å²) in [4.78, 5) is 0. The van der Waals surface area contributed by atoms with Gasteiger partial charge in [-0.1, -0.05) is 75.4 Å². The molecule has 1 saturated carbocycles. The predicted octanol–water partition coefficient (Wildman–Crippen LogP) is 10.1. The first-order valence-corrected chi connectivity index (χ1v) is 14.5. The molecule has 210 valence electrons. The van der Waals surface area contributed by atoms with Gasteiger partial charge in [0.25, 0.3) is 0 Å². The zero-order valence-electron chi connectivity index (χ0n) is 23.3. The minimum absolute atomic E-state index is 0.0517. The summed E-state index contributed by atoms with van der Waals surface area (Å²) in [5.74, 6) is -1.31. The van der Waals surface area contributed by atoms with Gasteiger partial charge < -0.3 is 9.47 Å². The third-order valence-corrected chi connectivity index (χ3v) is 8.02. The Morgan fingerprint density at radius 3 is 2.08 bits per heavy atom. The van der Waals surface area contributed by atoms with Crippen LogP contribution in [-0.2, 0) is 4.74 Å². The Bertz CT molecular complexity index is 1180. The molecule has 0 radical (unpaired) electrons. The standard InChI is InChI=1S/C34H41F3O2/c1-3-4-5-6-7-8-21-39-32-20-19-30(33(36)34(32)37)27-15-13-25(14-16-27)28-17-18-29(31(35)22-28)26-11-9-24(10-12-26)23-38-2/h13-20,22,24,26H,3-12,21,23H2,1-2H3. The molecule has 1 aliphatic rings. The lowest BCUT2D eigenvalue weighted by Gasteiger charge is -2.28. The second-order valence-corrected chi connectivity index (χ2v) is 10.8. The van der Waals surface area contributed by atoms with Crippen molar-refractivity contribution in [1.82, 2.24) is 0 Å². The average Bonchev–Trinajstić information content (AvgIpc) is 2.95. The van der Waals surface area contributed by atoms with E-state index in [9.17, 15) is 8.78 Å². The minimum atomic E-state index is -0.962. The fraction of sp³-hybridized carbons (Fsp3) is 0.471. The normalized spacial score (nSPS) is 17.4. The van der Waals surface area contributed by atoms with Crippen LogP contribution in [-0.4, -0.2) is 20.3 Å². The van der Waals surface area contributed by atoms with Gasteiger partial charge >= 0.3 is 0 Å². The summed E-state index contributed by atoms with van der Waals surface area (Å²) in [6.07, 6.45) is 10.7. The van der Waals surface area contributed by atoms with Crippen molar-refractivity contribution in [2.24, 2.45) is 5.92 Å². The van der Waals surface area contributed by atoms with Crippen molar-refractivity contribution in [3.8, 4) is 28.0 Å². The van der Waals surface area contributed by atoms with Crippen molar-refractivity contribution in [2.75, 3.05) is 20.3 Å². The molecule has 0 amide bonds. The zero-order valence-corrected chi connectivity index (χ0v) is 23.3. The van der Waals surface area contributed by atoms with Crippen LogP contribution < -0.4 is 4.74 Å². The summed E-state index contributed by atoms with van der Waals surface area (Å²) in [6, 6.07) is 15.6. The average molecular weight is 539 g/mol. The highest BCUT2D eigenvalue weighted by Gasteiger charge is 2.24. The smallest absolute Gasteiger partial charge is 0.201 e. The number of benzene rings is 3. The first-order valence-electron chi connectivity index (χ1n) is 14.5. The van der Waals surface area contributed by atoms with E-state index in [1.807, 2.05) is 24.3 Å². The van der Waals surface area contributed by atoms with Gasteiger partial charge in [0.05, 0.1) is 6.61 Å². The van der Waals surface area contributed by atoms with Crippen molar-refractivity contribution >= 4 is 0 Å². The molecule has 0 spiro atoms. The summed E-state index contributed by atoms with van der Waals surface area (Å²) in [7, 11) is 1.73. The number of hydrogen-bond acceptors (Lipinski definition) is 2. The van der Waals surface area contributed by atoms with Crippen LogP contribution in [0.25, 0.3) is 22.3 Å². The lowest BCUT2D eigenvalue weighted by Crippen LogP contribution is -2.17. The van der Waals surface area contributed by atoms with Gasteiger partial charge in [0, 0.05) is 19.3 Å². The van der Waals surface area contributed by atoms with Crippen LogP contribution in [0.3, 0.4) is 0 Å². The first kappa shape index (κ1) is 29.2. The van der Waals surface area contributed by atoms with Gasteiger partial charge in [-0.25, -0.2) is 8.78 Å². The third kappa shape index (κ3) is 7.66. The van der Waals surface area contributed by atoms with Gasteiger partial charge in [-0.2, -0.15) is 4.39 Å². The number of ether oxygens (including phenoxy) is 2. The van der Waals surface area contributed by atoms with E-state index >= 15 is 4.39 Å². The summed E-state index contributed by atoms with van der Waals surface area (Å²) in [5.41, 5.74) is 3.11. The number of unbranched alkanes of at least 4 members (excludes halogenated alkanes) is 5. The van der Waals surface area contributed by atoms with Crippen LogP contribution in [0.1, 0.15) is 82.6 Å². The molecule has 2 nitrogen and oxygen atoms in total. The molecule has 4 rings (SSSR count). The van der Waals surface area contributed by atoms with Crippen molar-refractivity contribution < 1.29 is 22.6 Å². The first-order chi connectivity index (χ1) is 19.0. The molecule has 0 saturated heterocycles. The Balaban J connectivity index is 1.38. The van der Waals surface area contributed by atoms with Crippen molar-refractivity contribution in [1.29, 1.82) is 0 Å². The number of halogens is 3. The molecule has 0 N–H and O–H groups in total. The molecule has 0 atom stereocenters. The maximum absolute atomic E-state index is 15.1. The summed E-state index contributed by atoms with van der Waals surface area (Å²) in [5, 5.41) is 0. The van der Waals surface area contributed by atoms with Crippen LogP contribution in [0.15, 0.2) is 54.6 Å². The van der Waals surface area contributed by atoms with Crippen molar-refractivity contribution in [3.63, 3.8) is 0 Å². The van der Waals surface area contributed by atoms with E-state index in [1.165, 1.54) is 25.3 Å². The van der Waals surface area contributed by atoms with Gasteiger partial charge in [-0.05, 0) is 84.4 Å². The molecule has 0 aromatic heterocycles. The summed E-state index contributed by atoms with van der Waals surface area (Å²) < 4.78 is 55.5. The molecule has 39 heavy (non-hydrogen) atoms. The van der Waals surface area contributed by atoms with Gasteiger partial charge in [0.2, 0.25) is 5.82 Å². The van der Waals surface area contributed by atoms with E-state index in [4.69, 9.17) is 9.47 Å². The van der Waals surface area contributed by atoms with Crippen LogP contribution >= 0.6 is 0 Å². The van der Waals surface area contributed by atoms with Crippen LogP contribution in [0, 0.1) is 23.4 Å². The Morgan fingerprint density at radius 2 is 1.38 bits per heavy atom. The fourth-order valence-electron chi connectivity index (χ4n) is 5.69. The van der Waals surface area contributed by atoms with Gasteiger partial charge in [-0.15, -0.1) is 0 Å².